The van der Waals surface area contributed by atoms with Gasteiger partial charge in [-0.1, -0.05) is 12.8 Å². The van der Waals surface area contributed by atoms with Crippen molar-refractivity contribution in [2.24, 2.45) is 5.73 Å². The first-order valence-electron chi connectivity index (χ1n) is 10.4. The van der Waals surface area contributed by atoms with Gasteiger partial charge in [0.1, 0.15) is 12.1 Å². The average Bonchev–Trinajstić information content (AvgIpc) is 2.81. The van der Waals surface area contributed by atoms with Crippen molar-refractivity contribution >= 4 is 29.2 Å². The third-order valence-electron chi connectivity index (χ3n) is 5.50. The fourth-order valence-corrected chi connectivity index (χ4v) is 4.34. The summed E-state index contributed by atoms with van der Waals surface area (Å²) in [6.45, 7) is 0. The van der Waals surface area contributed by atoms with E-state index in [0.29, 0.717) is 11.4 Å². The molecular weight excluding hydrogens is 408 g/mol. The molecule has 2 heterocycles. The van der Waals surface area contributed by atoms with Crippen LogP contribution < -0.4 is 16.4 Å². The first kappa shape index (κ1) is 21.3. The molecule has 7 nitrogen and oxygen atoms in total. The Bertz CT molecular complexity index is 1040. The van der Waals surface area contributed by atoms with Crippen molar-refractivity contribution in [1.29, 1.82) is 0 Å². The Balaban J connectivity index is 1.44. The summed E-state index contributed by atoms with van der Waals surface area (Å²) in [6, 6.07) is 11.3. The summed E-state index contributed by atoms with van der Waals surface area (Å²) in [4.78, 5) is 26.6. The number of nitrogens with zero attached hydrogens (tertiary/aromatic N) is 3. The van der Waals surface area contributed by atoms with Crippen LogP contribution in [-0.2, 0) is 0 Å². The lowest BCUT2D eigenvalue weighted by Gasteiger charge is -2.29. The molecular formula is C23H26N6OS. The van der Waals surface area contributed by atoms with E-state index in [1.165, 1.54) is 6.33 Å². The average molecular weight is 435 g/mol. The number of rotatable bonds is 6. The van der Waals surface area contributed by atoms with E-state index in [9.17, 15) is 4.79 Å². The molecule has 2 aromatic heterocycles. The number of thioether (sulfide) groups is 1. The van der Waals surface area contributed by atoms with E-state index in [1.54, 1.807) is 30.1 Å². The number of pyridine rings is 1. The van der Waals surface area contributed by atoms with Gasteiger partial charge in [-0.2, -0.15) is 0 Å². The zero-order chi connectivity index (χ0) is 21.6. The first-order valence-corrected chi connectivity index (χ1v) is 11.6. The number of nitrogens with two attached hydrogens (primary N) is 1. The van der Waals surface area contributed by atoms with Gasteiger partial charge in [-0.15, -0.1) is 11.8 Å². The Morgan fingerprint density at radius 3 is 2.71 bits per heavy atom. The van der Waals surface area contributed by atoms with Gasteiger partial charge >= 0.3 is 0 Å². The van der Waals surface area contributed by atoms with E-state index in [1.807, 2.05) is 36.7 Å². The molecule has 1 aromatic carbocycles. The number of nitrogens with one attached hydrogen (secondary N) is 2. The third kappa shape index (κ3) is 5.21. The third-order valence-corrected chi connectivity index (χ3v) is 6.30. The molecule has 31 heavy (non-hydrogen) atoms. The smallest absolute Gasteiger partial charge is 0.251 e. The summed E-state index contributed by atoms with van der Waals surface area (Å²) in [7, 11) is 0. The Kier molecular flexibility index (Phi) is 6.79. The van der Waals surface area contributed by atoms with Crippen LogP contribution in [0.25, 0.3) is 11.3 Å². The molecule has 0 unspecified atom stereocenters. The number of carbonyl (C=O) groups excluding carboxylic acids is 1. The van der Waals surface area contributed by atoms with Crippen LogP contribution in [0.15, 0.2) is 60.0 Å². The van der Waals surface area contributed by atoms with Gasteiger partial charge in [0.05, 0.1) is 5.69 Å². The van der Waals surface area contributed by atoms with E-state index in [-0.39, 0.29) is 18.0 Å². The van der Waals surface area contributed by atoms with Gasteiger partial charge in [-0.05, 0) is 49.4 Å². The maximum Gasteiger partial charge on any atom is 0.251 e. The second kappa shape index (κ2) is 9.89. The summed E-state index contributed by atoms with van der Waals surface area (Å²) < 4.78 is 0. The monoisotopic (exact) mass is 434 g/mol. The summed E-state index contributed by atoms with van der Waals surface area (Å²) in [6.07, 6.45) is 11.3. The molecule has 0 aliphatic heterocycles. The van der Waals surface area contributed by atoms with Crippen molar-refractivity contribution in [3.8, 4) is 11.3 Å². The number of amides is 1. The van der Waals surface area contributed by atoms with Crippen LogP contribution in [0, 0.1) is 0 Å². The summed E-state index contributed by atoms with van der Waals surface area (Å²) >= 11 is 1.65. The molecule has 1 fully saturated rings. The first-order chi connectivity index (χ1) is 15.1. The van der Waals surface area contributed by atoms with Crippen molar-refractivity contribution in [3.05, 3.63) is 60.7 Å². The quantitative estimate of drug-likeness (QED) is 0.504. The number of benzene rings is 1. The Morgan fingerprint density at radius 1 is 1.13 bits per heavy atom. The SMILES string of the molecule is CSc1ccncc1-c1cc(Nc2ccc(C(=O)N[C@@H]3CCCC[C@H]3N)cc2)ncn1. The van der Waals surface area contributed by atoms with Crippen LogP contribution in [0.5, 0.6) is 0 Å². The van der Waals surface area contributed by atoms with Gasteiger partial charge in [0.25, 0.3) is 5.91 Å². The van der Waals surface area contributed by atoms with Crippen LogP contribution in [0.2, 0.25) is 0 Å². The van der Waals surface area contributed by atoms with Gasteiger partial charge in [-0.25, -0.2) is 9.97 Å². The molecule has 0 spiro atoms. The summed E-state index contributed by atoms with van der Waals surface area (Å²) in [5, 5.41) is 6.35. The van der Waals surface area contributed by atoms with Crippen molar-refractivity contribution in [2.75, 3.05) is 11.6 Å². The highest BCUT2D eigenvalue weighted by atomic mass is 32.2. The van der Waals surface area contributed by atoms with Gasteiger partial charge in [0, 0.05) is 52.3 Å². The van der Waals surface area contributed by atoms with E-state index in [4.69, 9.17) is 5.73 Å². The topological polar surface area (TPSA) is 106 Å². The molecule has 1 aliphatic carbocycles. The van der Waals surface area contributed by atoms with E-state index >= 15 is 0 Å². The molecule has 3 aromatic rings. The fourth-order valence-electron chi connectivity index (χ4n) is 3.77. The van der Waals surface area contributed by atoms with Gasteiger partial charge in [0.2, 0.25) is 0 Å². The molecule has 0 radical (unpaired) electrons. The molecule has 1 amide bonds. The van der Waals surface area contributed by atoms with E-state index in [0.717, 1.165) is 47.5 Å². The summed E-state index contributed by atoms with van der Waals surface area (Å²) in [5.41, 5.74) is 9.37. The highest BCUT2D eigenvalue weighted by molar-refractivity contribution is 7.98. The number of hydrogen-bond acceptors (Lipinski definition) is 7. The molecule has 4 rings (SSSR count). The second-order valence-corrected chi connectivity index (χ2v) is 8.44. The van der Waals surface area contributed by atoms with Crippen LogP contribution in [0.1, 0.15) is 36.0 Å². The number of carbonyl (C=O) groups is 1. The van der Waals surface area contributed by atoms with E-state index < -0.39 is 0 Å². The predicted octanol–water partition coefficient (Wildman–Crippen LogP) is 4.00. The molecule has 160 valence electrons. The minimum atomic E-state index is -0.0839. The predicted molar refractivity (Wildman–Crippen MR) is 124 cm³/mol. The Morgan fingerprint density at radius 2 is 1.94 bits per heavy atom. The van der Waals surface area contributed by atoms with E-state index in [2.05, 4.69) is 25.6 Å². The van der Waals surface area contributed by atoms with Gasteiger partial charge in [-0.3, -0.25) is 9.78 Å². The molecule has 8 heteroatoms. The normalized spacial score (nSPS) is 18.4. The highest BCUT2D eigenvalue weighted by Gasteiger charge is 2.23. The Labute approximate surface area is 186 Å². The standard InChI is InChI=1S/C23H26N6OS/c1-31-21-10-11-25-13-17(21)20-12-22(27-14-26-20)28-16-8-6-15(7-9-16)23(30)29-19-5-3-2-4-18(19)24/h6-14,18-19H,2-5,24H2,1H3,(H,29,30)(H,26,27,28)/t18-,19-/m1/s1. The van der Waals surface area contributed by atoms with Crippen LogP contribution in [-0.4, -0.2) is 39.2 Å². The molecule has 1 aliphatic rings. The lowest BCUT2D eigenvalue weighted by atomic mass is 9.91. The van der Waals surface area contributed by atoms with Crippen LogP contribution in [0.3, 0.4) is 0 Å². The molecule has 4 N–H and O–H groups in total. The van der Waals surface area contributed by atoms with Gasteiger partial charge < -0.3 is 16.4 Å². The zero-order valence-corrected chi connectivity index (χ0v) is 18.2. The number of aromatic nitrogens is 3. The maximum atomic E-state index is 12.6. The fraction of sp³-hybridized carbons (Fsp3) is 0.304. The molecule has 0 saturated heterocycles. The van der Waals surface area contributed by atoms with Crippen molar-refractivity contribution in [3.63, 3.8) is 0 Å². The van der Waals surface area contributed by atoms with Gasteiger partial charge in [0.15, 0.2) is 0 Å². The second-order valence-electron chi connectivity index (χ2n) is 7.60. The zero-order valence-electron chi connectivity index (χ0n) is 17.4. The lowest BCUT2D eigenvalue weighted by Crippen LogP contribution is -2.49. The molecule has 2 atom stereocenters. The minimum absolute atomic E-state index is 0.0389. The lowest BCUT2D eigenvalue weighted by molar-refractivity contribution is 0.0921. The summed E-state index contributed by atoms with van der Waals surface area (Å²) in [5.74, 6) is 0.589. The number of anilines is 2. The van der Waals surface area contributed by atoms with Crippen molar-refractivity contribution in [2.45, 2.75) is 42.7 Å². The highest BCUT2D eigenvalue weighted by Crippen LogP contribution is 2.29. The maximum absolute atomic E-state index is 12.6. The van der Waals surface area contributed by atoms with Crippen molar-refractivity contribution in [1.82, 2.24) is 20.3 Å². The largest absolute Gasteiger partial charge is 0.348 e. The minimum Gasteiger partial charge on any atom is -0.348 e. The number of hydrogen-bond donors (Lipinski definition) is 3. The van der Waals surface area contributed by atoms with Crippen molar-refractivity contribution < 1.29 is 4.79 Å². The molecule has 1 saturated carbocycles. The molecule has 0 bridgehead atoms. The van der Waals surface area contributed by atoms with Crippen LogP contribution >= 0.6 is 11.8 Å². The Hall–Kier alpha value is -2.97. The van der Waals surface area contributed by atoms with Crippen LogP contribution in [0.4, 0.5) is 11.5 Å².